The van der Waals surface area contributed by atoms with Crippen LogP contribution in [0.4, 0.5) is 0 Å². The fourth-order valence-electron chi connectivity index (χ4n) is 2.77. The zero-order valence-corrected chi connectivity index (χ0v) is 16.1. The molecule has 0 heterocycles. The standard InChI is InChI=1S/C21H40O3/c1-3-5-6-11-14-17-20(22)18-15-12-9-7-8-10-13-16-19-21(23)24-4-2/h12,15,20,22H,3-11,13-14,16-19H2,1-2H3/b15-12-/t20-/m1/s1. The normalized spacial score (nSPS) is 12.6. The van der Waals surface area contributed by atoms with Gasteiger partial charge in [-0.1, -0.05) is 70.4 Å². The van der Waals surface area contributed by atoms with E-state index in [0.717, 1.165) is 38.5 Å². The second-order valence-corrected chi connectivity index (χ2v) is 6.68. The van der Waals surface area contributed by atoms with Gasteiger partial charge >= 0.3 is 5.97 Å². The number of allylic oxidation sites excluding steroid dienone is 1. The van der Waals surface area contributed by atoms with Crippen LogP contribution < -0.4 is 0 Å². The summed E-state index contributed by atoms with van der Waals surface area (Å²) in [5.74, 6) is -0.0654. The van der Waals surface area contributed by atoms with Crippen LogP contribution in [0.3, 0.4) is 0 Å². The van der Waals surface area contributed by atoms with Crippen LogP contribution in [-0.2, 0) is 9.53 Å². The number of carbonyl (C=O) groups is 1. The molecule has 0 saturated carbocycles. The number of esters is 1. The number of unbranched alkanes of at least 4 members (excludes halogenated alkanes) is 9. The molecule has 0 aromatic heterocycles. The molecule has 3 heteroatoms. The van der Waals surface area contributed by atoms with Crippen LogP contribution in [0.2, 0.25) is 0 Å². The summed E-state index contributed by atoms with van der Waals surface area (Å²) in [5, 5.41) is 9.90. The lowest BCUT2D eigenvalue weighted by Crippen LogP contribution is -2.04. The minimum atomic E-state index is -0.161. The van der Waals surface area contributed by atoms with Gasteiger partial charge in [-0.2, -0.15) is 0 Å². The zero-order valence-electron chi connectivity index (χ0n) is 16.1. The highest BCUT2D eigenvalue weighted by atomic mass is 16.5. The quantitative estimate of drug-likeness (QED) is 0.202. The molecule has 0 aliphatic rings. The van der Waals surface area contributed by atoms with Crippen LogP contribution in [0.1, 0.15) is 104 Å². The Bertz CT molecular complexity index is 299. The van der Waals surface area contributed by atoms with Crippen molar-refractivity contribution in [1.29, 1.82) is 0 Å². The van der Waals surface area contributed by atoms with Gasteiger partial charge in [0.15, 0.2) is 0 Å². The largest absolute Gasteiger partial charge is 0.466 e. The third kappa shape index (κ3) is 17.5. The molecule has 0 unspecified atom stereocenters. The van der Waals surface area contributed by atoms with E-state index in [9.17, 15) is 9.90 Å². The molecular formula is C21H40O3. The van der Waals surface area contributed by atoms with Crippen LogP contribution in [0, 0.1) is 0 Å². The van der Waals surface area contributed by atoms with Crippen LogP contribution in [0.15, 0.2) is 12.2 Å². The van der Waals surface area contributed by atoms with E-state index in [-0.39, 0.29) is 12.1 Å². The van der Waals surface area contributed by atoms with Crippen LogP contribution in [0.25, 0.3) is 0 Å². The van der Waals surface area contributed by atoms with Gasteiger partial charge in [0.1, 0.15) is 0 Å². The second-order valence-electron chi connectivity index (χ2n) is 6.68. The first-order valence-corrected chi connectivity index (χ1v) is 10.2. The molecule has 0 amide bonds. The lowest BCUT2D eigenvalue weighted by molar-refractivity contribution is -0.143. The molecule has 0 bridgehead atoms. The van der Waals surface area contributed by atoms with E-state index in [0.29, 0.717) is 13.0 Å². The summed E-state index contributed by atoms with van der Waals surface area (Å²) in [6, 6.07) is 0. The summed E-state index contributed by atoms with van der Waals surface area (Å²) in [4.78, 5) is 11.2. The summed E-state index contributed by atoms with van der Waals surface area (Å²) in [6.07, 6.45) is 19.5. The molecule has 0 rings (SSSR count). The predicted molar refractivity (Wildman–Crippen MR) is 102 cm³/mol. The molecule has 0 aromatic carbocycles. The zero-order chi connectivity index (χ0) is 17.9. The number of carbonyl (C=O) groups excluding carboxylic acids is 1. The molecule has 3 nitrogen and oxygen atoms in total. The summed E-state index contributed by atoms with van der Waals surface area (Å²) in [7, 11) is 0. The number of rotatable bonds is 17. The number of hydrogen-bond donors (Lipinski definition) is 1. The topological polar surface area (TPSA) is 46.5 Å². The fourth-order valence-corrected chi connectivity index (χ4v) is 2.77. The van der Waals surface area contributed by atoms with Crippen molar-refractivity contribution < 1.29 is 14.6 Å². The molecule has 142 valence electrons. The molecule has 0 aromatic rings. The van der Waals surface area contributed by atoms with Crippen molar-refractivity contribution in [2.75, 3.05) is 6.61 Å². The SMILES string of the molecule is CCCCCCC[C@@H](O)C/C=C\CCCCCCCC(=O)OCC. The van der Waals surface area contributed by atoms with Crippen LogP contribution in [0.5, 0.6) is 0 Å². The minimum Gasteiger partial charge on any atom is -0.466 e. The van der Waals surface area contributed by atoms with Crippen molar-refractivity contribution in [3.8, 4) is 0 Å². The number of aliphatic hydroxyl groups is 1. The van der Waals surface area contributed by atoms with Gasteiger partial charge in [-0.05, 0) is 39.0 Å². The number of ether oxygens (including phenoxy) is 1. The Balaban J connectivity index is 3.29. The van der Waals surface area contributed by atoms with Gasteiger partial charge in [-0.15, -0.1) is 0 Å². The fraction of sp³-hybridized carbons (Fsp3) is 0.857. The molecule has 24 heavy (non-hydrogen) atoms. The maximum atomic E-state index is 11.2. The molecule has 0 radical (unpaired) electrons. The molecule has 0 aliphatic carbocycles. The van der Waals surface area contributed by atoms with E-state index in [1.54, 1.807) is 0 Å². The lowest BCUT2D eigenvalue weighted by Gasteiger charge is -2.07. The first-order chi connectivity index (χ1) is 11.7. The molecule has 0 spiro atoms. The van der Waals surface area contributed by atoms with E-state index in [2.05, 4.69) is 19.1 Å². The highest BCUT2D eigenvalue weighted by molar-refractivity contribution is 5.69. The second kappa shape index (κ2) is 18.5. The molecule has 1 atom stereocenters. The number of hydrogen-bond acceptors (Lipinski definition) is 3. The van der Waals surface area contributed by atoms with Gasteiger partial charge in [0.05, 0.1) is 12.7 Å². The summed E-state index contributed by atoms with van der Waals surface area (Å²) in [6.45, 7) is 4.56. The van der Waals surface area contributed by atoms with E-state index >= 15 is 0 Å². The minimum absolute atomic E-state index is 0.0654. The molecule has 0 aliphatic heterocycles. The molecular weight excluding hydrogens is 300 g/mol. The van der Waals surface area contributed by atoms with Gasteiger partial charge < -0.3 is 9.84 Å². The smallest absolute Gasteiger partial charge is 0.305 e. The molecule has 0 saturated heterocycles. The van der Waals surface area contributed by atoms with Crippen molar-refractivity contribution in [3.63, 3.8) is 0 Å². The van der Waals surface area contributed by atoms with Gasteiger partial charge in [0.25, 0.3) is 0 Å². The van der Waals surface area contributed by atoms with E-state index < -0.39 is 0 Å². The first kappa shape index (κ1) is 23.2. The maximum absolute atomic E-state index is 11.2. The Kier molecular flexibility index (Phi) is 17.9. The van der Waals surface area contributed by atoms with E-state index in [1.165, 1.54) is 44.9 Å². The molecule has 0 fully saturated rings. The maximum Gasteiger partial charge on any atom is 0.305 e. The Labute approximate surface area is 149 Å². The third-order valence-corrected chi connectivity index (χ3v) is 4.27. The highest BCUT2D eigenvalue weighted by Gasteiger charge is 2.01. The Morgan fingerprint density at radius 1 is 0.917 bits per heavy atom. The Morgan fingerprint density at radius 2 is 1.58 bits per heavy atom. The van der Waals surface area contributed by atoms with Gasteiger partial charge in [-0.3, -0.25) is 4.79 Å². The average Bonchev–Trinajstić information content (AvgIpc) is 2.56. The van der Waals surface area contributed by atoms with E-state index in [1.807, 2.05) is 6.92 Å². The summed E-state index contributed by atoms with van der Waals surface area (Å²) < 4.78 is 4.91. The summed E-state index contributed by atoms with van der Waals surface area (Å²) in [5.41, 5.74) is 0. The highest BCUT2D eigenvalue weighted by Crippen LogP contribution is 2.11. The van der Waals surface area contributed by atoms with Crippen LogP contribution in [-0.4, -0.2) is 23.8 Å². The van der Waals surface area contributed by atoms with Crippen molar-refractivity contribution in [3.05, 3.63) is 12.2 Å². The monoisotopic (exact) mass is 340 g/mol. The lowest BCUT2D eigenvalue weighted by atomic mass is 10.1. The van der Waals surface area contributed by atoms with E-state index in [4.69, 9.17) is 4.74 Å². The van der Waals surface area contributed by atoms with Crippen LogP contribution >= 0.6 is 0 Å². The van der Waals surface area contributed by atoms with Gasteiger partial charge in [0, 0.05) is 6.42 Å². The average molecular weight is 341 g/mol. The summed E-state index contributed by atoms with van der Waals surface area (Å²) >= 11 is 0. The third-order valence-electron chi connectivity index (χ3n) is 4.27. The van der Waals surface area contributed by atoms with Crippen molar-refractivity contribution >= 4 is 5.97 Å². The van der Waals surface area contributed by atoms with Crippen molar-refractivity contribution in [2.45, 2.75) is 110 Å². The van der Waals surface area contributed by atoms with Gasteiger partial charge in [-0.25, -0.2) is 0 Å². The number of aliphatic hydroxyl groups excluding tert-OH is 1. The van der Waals surface area contributed by atoms with Crippen molar-refractivity contribution in [2.24, 2.45) is 0 Å². The Morgan fingerprint density at radius 3 is 2.33 bits per heavy atom. The Hall–Kier alpha value is -0.830. The predicted octanol–water partition coefficient (Wildman–Crippen LogP) is 5.95. The van der Waals surface area contributed by atoms with Crippen molar-refractivity contribution in [1.82, 2.24) is 0 Å². The molecule has 1 N–H and O–H groups in total. The van der Waals surface area contributed by atoms with Gasteiger partial charge in [0.2, 0.25) is 0 Å². The first-order valence-electron chi connectivity index (χ1n) is 10.2.